The molecule has 47 heavy (non-hydrogen) atoms. The monoisotopic (exact) mass is 649 g/mol. The molecule has 1 saturated heterocycles. The number of carbonyl (C=O) groups excluding carboxylic acids is 1. The lowest BCUT2D eigenvalue weighted by atomic mass is 9.98. The van der Waals surface area contributed by atoms with Crippen molar-refractivity contribution in [1.29, 1.82) is 0 Å². The van der Waals surface area contributed by atoms with E-state index < -0.39 is 12.4 Å². The van der Waals surface area contributed by atoms with Crippen molar-refractivity contribution in [3.05, 3.63) is 138 Å². The number of carbonyl (C=O) groups is 1. The summed E-state index contributed by atoms with van der Waals surface area (Å²) in [5.74, 6) is 0.617. The quantitative estimate of drug-likeness (QED) is 0.114. The van der Waals surface area contributed by atoms with Crippen LogP contribution in [0.5, 0.6) is 0 Å². The Morgan fingerprint density at radius 1 is 0.979 bits per heavy atom. The van der Waals surface area contributed by atoms with Crippen LogP contribution in [0.1, 0.15) is 41.1 Å². The number of nitrogens with one attached hydrogen (secondary N) is 1. The topological polar surface area (TPSA) is 121 Å². The second-order valence-corrected chi connectivity index (χ2v) is 11.9. The van der Waals surface area contributed by atoms with Crippen molar-refractivity contribution in [1.82, 2.24) is 25.5 Å². The number of aromatic nitrogens is 4. The maximum Gasteiger partial charge on any atom is 0.407 e. The zero-order chi connectivity index (χ0) is 32.4. The first-order valence-electron chi connectivity index (χ1n) is 15.3. The SMILES string of the molecule is C=CCOC(=O)NCc1ccccc1-c1ccc(C2OC(CSc3nnnn3-c3ccccc3)CC(c3ccc(CO)cc3)O2)cc1. The average molecular weight is 650 g/mol. The summed E-state index contributed by atoms with van der Waals surface area (Å²) < 4.78 is 19.9. The number of alkyl carbamates (subject to hydrolysis) is 1. The van der Waals surface area contributed by atoms with Gasteiger partial charge in [0.1, 0.15) is 6.61 Å². The number of para-hydroxylation sites is 1. The van der Waals surface area contributed by atoms with E-state index in [1.165, 1.54) is 17.8 Å². The molecule has 2 N–H and O–H groups in total. The minimum atomic E-state index is -0.604. The Bertz CT molecular complexity index is 1770. The van der Waals surface area contributed by atoms with Crippen LogP contribution in [0.2, 0.25) is 0 Å². The highest BCUT2D eigenvalue weighted by molar-refractivity contribution is 7.99. The van der Waals surface area contributed by atoms with Gasteiger partial charge in [-0.15, -0.1) is 5.10 Å². The molecule has 0 radical (unpaired) electrons. The van der Waals surface area contributed by atoms with Crippen LogP contribution in [0, 0.1) is 0 Å². The molecule has 1 aliphatic heterocycles. The van der Waals surface area contributed by atoms with E-state index in [2.05, 4.69) is 27.4 Å². The van der Waals surface area contributed by atoms with E-state index in [0.29, 0.717) is 23.9 Å². The molecule has 1 aliphatic rings. The number of aliphatic hydroxyl groups excluding tert-OH is 1. The molecule has 6 rings (SSSR count). The number of aliphatic hydroxyl groups is 1. The van der Waals surface area contributed by atoms with Crippen LogP contribution >= 0.6 is 11.8 Å². The predicted octanol–water partition coefficient (Wildman–Crippen LogP) is 6.57. The summed E-state index contributed by atoms with van der Waals surface area (Å²) in [7, 11) is 0. The molecule has 1 fully saturated rings. The summed E-state index contributed by atoms with van der Waals surface area (Å²) in [6.07, 6.45) is 0.697. The van der Waals surface area contributed by atoms with Gasteiger partial charge in [-0.2, -0.15) is 4.68 Å². The third-order valence-corrected chi connectivity index (χ3v) is 8.77. The average Bonchev–Trinajstić information content (AvgIpc) is 3.61. The molecule has 0 aliphatic carbocycles. The first kappa shape index (κ1) is 32.1. The third kappa shape index (κ3) is 8.13. The van der Waals surface area contributed by atoms with Gasteiger partial charge in [-0.3, -0.25) is 0 Å². The van der Waals surface area contributed by atoms with E-state index in [0.717, 1.165) is 39.1 Å². The fraction of sp³-hybridized carbons (Fsp3) is 0.222. The highest BCUT2D eigenvalue weighted by Crippen LogP contribution is 2.40. The molecule has 3 unspecified atom stereocenters. The molecule has 0 bridgehead atoms. The number of benzene rings is 4. The summed E-state index contributed by atoms with van der Waals surface area (Å²) in [4.78, 5) is 12.0. The second-order valence-electron chi connectivity index (χ2n) is 10.9. The first-order chi connectivity index (χ1) is 23.1. The normalized spacial score (nSPS) is 17.6. The Morgan fingerprint density at radius 2 is 1.72 bits per heavy atom. The molecule has 11 heteroatoms. The van der Waals surface area contributed by atoms with Crippen LogP contribution in [0.4, 0.5) is 4.79 Å². The van der Waals surface area contributed by atoms with Gasteiger partial charge in [-0.1, -0.05) is 115 Å². The number of ether oxygens (including phenoxy) is 3. The maximum absolute atomic E-state index is 12.0. The fourth-order valence-corrected chi connectivity index (χ4v) is 6.23. The summed E-state index contributed by atoms with van der Waals surface area (Å²) in [5, 5.41) is 25.4. The molecule has 240 valence electrons. The number of thioether (sulfide) groups is 1. The van der Waals surface area contributed by atoms with Gasteiger partial charge in [0.05, 0.1) is 24.5 Å². The first-order valence-corrected chi connectivity index (χ1v) is 16.3. The Kier molecular flexibility index (Phi) is 10.7. The number of rotatable bonds is 12. The van der Waals surface area contributed by atoms with E-state index in [4.69, 9.17) is 14.2 Å². The van der Waals surface area contributed by atoms with Crippen molar-refractivity contribution in [3.63, 3.8) is 0 Å². The number of tetrazole rings is 1. The van der Waals surface area contributed by atoms with E-state index in [1.54, 1.807) is 4.68 Å². The van der Waals surface area contributed by atoms with Gasteiger partial charge in [0.15, 0.2) is 6.29 Å². The highest BCUT2D eigenvalue weighted by atomic mass is 32.2. The van der Waals surface area contributed by atoms with Crippen molar-refractivity contribution in [3.8, 4) is 16.8 Å². The van der Waals surface area contributed by atoms with Gasteiger partial charge < -0.3 is 24.6 Å². The van der Waals surface area contributed by atoms with Gasteiger partial charge in [-0.25, -0.2) is 4.79 Å². The standard InChI is InChI=1S/C36H35N5O5S/c1-2-20-44-36(43)37-22-29-8-6-7-11-32(29)26-16-18-28(19-17-26)34-45-31(21-33(46-34)27-14-12-25(23-42)13-15-27)24-47-35-38-39-40-41(35)30-9-4-3-5-10-30/h2-19,31,33-34,42H,1,20-24H2,(H,37,43). The fourth-order valence-electron chi connectivity index (χ4n) is 5.32. The molecule has 2 heterocycles. The third-order valence-electron chi connectivity index (χ3n) is 7.72. The summed E-state index contributed by atoms with van der Waals surface area (Å²) in [6.45, 7) is 4.03. The van der Waals surface area contributed by atoms with Crippen LogP contribution in [-0.2, 0) is 27.4 Å². The number of nitrogens with zero attached hydrogens (tertiary/aromatic N) is 4. The number of hydrogen-bond donors (Lipinski definition) is 2. The minimum absolute atomic E-state index is 0.0160. The molecule has 5 aromatic rings. The molecule has 10 nitrogen and oxygen atoms in total. The van der Waals surface area contributed by atoms with Gasteiger partial charge in [0.25, 0.3) is 0 Å². The van der Waals surface area contributed by atoms with Crippen LogP contribution in [0.15, 0.2) is 121 Å². The van der Waals surface area contributed by atoms with E-state index in [1.807, 2.05) is 103 Å². The van der Waals surface area contributed by atoms with Crippen molar-refractivity contribution >= 4 is 17.9 Å². The number of amides is 1. The van der Waals surface area contributed by atoms with Crippen molar-refractivity contribution in [2.45, 2.75) is 43.2 Å². The van der Waals surface area contributed by atoms with Crippen LogP contribution < -0.4 is 5.32 Å². The molecular weight excluding hydrogens is 614 g/mol. The molecule has 4 aromatic carbocycles. The zero-order valence-corrected chi connectivity index (χ0v) is 26.5. The van der Waals surface area contributed by atoms with Crippen LogP contribution in [0.25, 0.3) is 16.8 Å². The smallest absolute Gasteiger partial charge is 0.407 e. The van der Waals surface area contributed by atoms with E-state index in [9.17, 15) is 9.90 Å². The Morgan fingerprint density at radius 3 is 2.49 bits per heavy atom. The Labute approximate surface area is 277 Å². The van der Waals surface area contributed by atoms with Gasteiger partial charge in [0, 0.05) is 24.3 Å². The van der Waals surface area contributed by atoms with Gasteiger partial charge >= 0.3 is 6.09 Å². The lowest BCUT2D eigenvalue weighted by molar-refractivity contribution is -0.245. The van der Waals surface area contributed by atoms with Crippen LogP contribution in [0.3, 0.4) is 0 Å². The molecule has 1 aromatic heterocycles. The summed E-state index contributed by atoms with van der Waals surface area (Å²) >= 11 is 1.54. The second kappa shape index (κ2) is 15.7. The molecular formula is C36H35N5O5S. The number of hydrogen-bond acceptors (Lipinski definition) is 9. The molecule has 0 spiro atoms. The van der Waals surface area contributed by atoms with Crippen molar-refractivity contribution < 1.29 is 24.1 Å². The van der Waals surface area contributed by atoms with Crippen molar-refractivity contribution in [2.75, 3.05) is 12.4 Å². The van der Waals surface area contributed by atoms with Gasteiger partial charge in [0.2, 0.25) is 5.16 Å². The predicted molar refractivity (Wildman–Crippen MR) is 179 cm³/mol. The lowest BCUT2D eigenvalue weighted by Crippen LogP contribution is -2.31. The van der Waals surface area contributed by atoms with E-state index >= 15 is 0 Å². The Balaban J connectivity index is 1.19. The minimum Gasteiger partial charge on any atom is -0.445 e. The molecule has 3 atom stereocenters. The zero-order valence-electron chi connectivity index (χ0n) is 25.6. The van der Waals surface area contributed by atoms with E-state index in [-0.39, 0.29) is 25.4 Å². The van der Waals surface area contributed by atoms with Crippen LogP contribution in [-0.4, -0.2) is 49.9 Å². The lowest BCUT2D eigenvalue weighted by Gasteiger charge is -2.36. The summed E-state index contributed by atoms with van der Waals surface area (Å²) in [5.41, 5.74) is 6.59. The van der Waals surface area contributed by atoms with Crippen molar-refractivity contribution in [2.24, 2.45) is 0 Å². The molecule has 0 saturated carbocycles. The largest absolute Gasteiger partial charge is 0.445 e. The Hall–Kier alpha value is -4.81. The maximum atomic E-state index is 12.0. The molecule has 1 amide bonds. The van der Waals surface area contributed by atoms with Gasteiger partial charge in [-0.05, 0) is 50.4 Å². The highest BCUT2D eigenvalue weighted by Gasteiger charge is 2.32. The summed E-state index contributed by atoms with van der Waals surface area (Å²) in [6, 6.07) is 33.6.